The number of hydrogen-bond donors (Lipinski definition) is 2. The quantitative estimate of drug-likeness (QED) is 0.743. The lowest BCUT2D eigenvalue weighted by molar-refractivity contribution is -0.274. The fourth-order valence-electron chi connectivity index (χ4n) is 2.24. The first-order chi connectivity index (χ1) is 11.9. The third kappa shape index (κ3) is 7.33. The van der Waals surface area contributed by atoms with Gasteiger partial charge in [0.15, 0.2) is 0 Å². The van der Waals surface area contributed by atoms with Crippen molar-refractivity contribution in [1.82, 2.24) is 5.32 Å². The van der Waals surface area contributed by atoms with Crippen LogP contribution in [0.5, 0.6) is 5.75 Å². The molecule has 2 N–H and O–H groups in total. The molecule has 2 rings (SSSR count). The molecule has 0 saturated carbocycles. The molecule has 0 saturated heterocycles. The largest absolute Gasteiger partial charge is 0.573 e. The van der Waals surface area contributed by atoms with Crippen molar-refractivity contribution in [3.63, 3.8) is 0 Å². The van der Waals surface area contributed by atoms with Gasteiger partial charge in [-0.15, -0.1) is 25.6 Å². The number of benzene rings is 2. The van der Waals surface area contributed by atoms with Gasteiger partial charge >= 0.3 is 6.36 Å². The molecule has 4 nitrogen and oxygen atoms in total. The number of para-hydroxylation sites is 1. The summed E-state index contributed by atoms with van der Waals surface area (Å²) in [5.74, 6) is -0.555. The lowest BCUT2D eigenvalue weighted by atomic mass is 10.1. The molecule has 142 valence electrons. The second-order valence-corrected chi connectivity index (χ2v) is 5.35. The van der Waals surface area contributed by atoms with Crippen molar-refractivity contribution in [3.8, 4) is 5.75 Å². The molecule has 0 unspecified atom stereocenters. The first-order valence-corrected chi connectivity index (χ1v) is 7.80. The fourth-order valence-corrected chi connectivity index (χ4v) is 2.24. The van der Waals surface area contributed by atoms with E-state index >= 15 is 0 Å². The van der Waals surface area contributed by atoms with Crippen LogP contribution < -0.4 is 15.4 Å². The Morgan fingerprint density at radius 1 is 1.08 bits per heavy atom. The molecule has 2 aromatic rings. The van der Waals surface area contributed by atoms with Crippen molar-refractivity contribution in [2.75, 3.05) is 11.9 Å². The van der Waals surface area contributed by atoms with Crippen molar-refractivity contribution in [2.45, 2.75) is 26.3 Å². The maximum atomic E-state index is 12.2. The van der Waals surface area contributed by atoms with Crippen LogP contribution in [0.3, 0.4) is 0 Å². The van der Waals surface area contributed by atoms with Crippen molar-refractivity contribution in [3.05, 3.63) is 59.7 Å². The minimum absolute atomic E-state index is 0. The lowest BCUT2D eigenvalue weighted by Gasteiger charge is -2.12. The summed E-state index contributed by atoms with van der Waals surface area (Å²) in [5.41, 5.74) is 2.27. The molecule has 0 aromatic heterocycles. The van der Waals surface area contributed by atoms with Gasteiger partial charge in [0.2, 0.25) is 5.91 Å². The molecule has 2 aromatic carbocycles. The average Bonchev–Trinajstić information content (AvgIpc) is 2.54. The number of anilines is 1. The topological polar surface area (TPSA) is 50.4 Å². The molecule has 0 spiro atoms. The third-order valence-corrected chi connectivity index (χ3v) is 3.38. The van der Waals surface area contributed by atoms with Crippen LogP contribution in [0.4, 0.5) is 18.9 Å². The number of rotatable bonds is 7. The number of ether oxygens (including phenoxy) is 1. The van der Waals surface area contributed by atoms with Crippen LogP contribution >= 0.6 is 12.4 Å². The summed E-state index contributed by atoms with van der Waals surface area (Å²) >= 11 is 0. The molecule has 0 bridgehead atoms. The summed E-state index contributed by atoms with van der Waals surface area (Å²) in [6.45, 7) is 3.44. The second-order valence-electron chi connectivity index (χ2n) is 5.35. The molecule has 0 fully saturated rings. The van der Waals surface area contributed by atoms with E-state index in [1.807, 2.05) is 31.2 Å². The first-order valence-electron chi connectivity index (χ1n) is 7.80. The van der Waals surface area contributed by atoms with Gasteiger partial charge in [0.1, 0.15) is 5.75 Å². The van der Waals surface area contributed by atoms with Crippen molar-refractivity contribution < 1.29 is 22.7 Å². The normalized spacial score (nSPS) is 10.8. The average molecular weight is 389 g/mol. The highest BCUT2D eigenvalue weighted by atomic mass is 35.5. The van der Waals surface area contributed by atoms with E-state index < -0.39 is 6.36 Å². The maximum Gasteiger partial charge on any atom is 0.573 e. The number of hydrogen-bond acceptors (Lipinski definition) is 3. The highest BCUT2D eigenvalue weighted by Gasteiger charge is 2.30. The molecule has 0 aliphatic carbocycles. The van der Waals surface area contributed by atoms with Crippen LogP contribution in [-0.4, -0.2) is 18.8 Å². The third-order valence-electron chi connectivity index (χ3n) is 3.38. The SMILES string of the molecule is CCNCc1ccccc1NC(=O)Cc1ccc(OC(F)(F)F)cc1.Cl. The molecule has 1 amide bonds. The Morgan fingerprint density at radius 3 is 2.35 bits per heavy atom. The van der Waals surface area contributed by atoms with Crippen molar-refractivity contribution in [1.29, 1.82) is 0 Å². The molecule has 0 heterocycles. The number of halogens is 4. The first kappa shape index (κ1) is 21.8. The molecule has 26 heavy (non-hydrogen) atoms. The summed E-state index contributed by atoms with van der Waals surface area (Å²) in [7, 11) is 0. The highest BCUT2D eigenvalue weighted by Crippen LogP contribution is 2.23. The van der Waals surface area contributed by atoms with E-state index in [4.69, 9.17) is 0 Å². The minimum atomic E-state index is -4.73. The molecule has 0 aliphatic heterocycles. The standard InChI is InChI=1S/C18H19F3N2O2.ClH/c1-2-22-12-14-5-3-4-6-16(14)23-17(24)11-13-7-9-15(10-8-13)25-18(19,20)21;/h3-10,22H,2,11-12H2,1H3,(H,23,24);1H. The van der Waals surface area contributed by atoms with E-state index in [1.165, 1.54) is 24.3 Å². The van der Waals surface area contributed by atoms with Gasteiger partial charge in [-0.1, -0.05) is 37.3 Å². The zero-order chi connectivity index (χ0) is 18.3. The van der Waals surface area contributed by atoms with Gasteiger partial charge in [-0.05, 0) is 35.9 Å². The number of carbonyl (C=O) groups excluding carboxylic acids is 1. The van der Waals surface area contributed by atoms with Gasteiger partial charge in [-0.2, -0.15) is 0 Å². The van der Waals surface area contributed by atoms with Gasteiger partial charge in [0, 0.05) is 12.2 Å². The smallest absolute Gasteiger partial charge is 0.406 e. The lowest BCUT2D eigenvalue weighted by Crippen LogP contribution is -2.18. The number of alkyl halides is 3. The summed E-state index contributed by atoms with van der Waals surface area (Å²) in [4.78, 5) is 12.2. The fraction of sp³-hybridized carbons (Fsp3) is 0.278. The molecule has 8 heteroatoms. The Morgan fingerprint density at radius 2 is 1.73 bits per heavy atom. The second kappa shape index (κ2) is 10.0. The van der Waals surface area contributed by atoms with Gasteiger partial charge in [0.05, 0.1) is 6.42 Å². The van der Waals surface area contributed by atoms with Gasteiger partial charge < -0.3 is 15.4 Å². The van der Waals surface area contributed by atoms with E-state index in [-0.39, 0.29) is 30.5 Å². The summed E-state index contributed by atoms with van der Waals surface area (Å²) < 4.78 is 40.2. The minimum Gasteiger partial charge on any atom is -0.406 e. The zero-order valence-electron chi connectivity index (χ0n) is 14.1. The molecule has 0 aliphatic rings. The van der Waals surface area contributed by atoms with Crippen LogP contribution in [-0.2, 0) is 17.8 Å². The van der Waals surface area contributed by atoms with E-state index in [9.17, 15) is 18.0 Å². The van der Waals surface area contributed by atoms with E-state index in [0.717, 1.165) is 12.1 Å². The van der Waals surface area contributed by atoms with Crippen LogP contribution in [0.2, 0.25) is 0 Å². The summed E-state index contributed by atoms with van der Waals surface area (Å²) in [6, 6.07) is 12.7. The van der Waals surface area contributed by atoms with Crippen LogP contribution in [0.15, 0.2) is 48.5 Å². The molecule has 0 atom stereocenters. The Hall–Kier alpha value is -2.25. The van der Waals surface area contributed by atoms with Crippen LogP contribution in [0, 0.1) is 0 Å². The van der Waals surface area contributed by atoms with Crippen molar-refractivity contribution in [2.24, 2.45) is 0 Å². The number of amides is 1. The zero-order valence-corrected chi connectivity index (χ0v) is 14.9. The Labute approximate surface area is 156 Å². The summed E-state index contributed by atoms with van der Waals surface area (Å²) in [6.07, 6.45) is -4.67. The monoisotopic (exact) mass is 388 g/mol. The van der Waals surface area contributed by atoms with E-state index in [2.05, 4.69) is 15.4 Å². The Balaban J connectivity index is 0.00000338. The van der Waals surface area contributed by atoms with Crippen LogP contribution in [0.1, 0.15) is 18.1 Å². The van der Waals surface area contributed by atoms with E-state index in [0.29, 0.717) is 17.8 Å². The van der Waals surface area contributed by atoms with Crippen LogP contribution in [0.25, 0.3) is 0 Å². The van der Waals surface area contributed by atoms with Gasteiger partial charge in [0.25, 0.3) is 0 Å². The predicted molar refractivity (Wildman–Crippen MR) is 96.5 cm³/mol. The molecule has 0 radical (unpaired) electrons. The molecular weight excluding hydrogens is 369 g/mol. The Bertz CT molecular complexity index is 706. The van der Waals surface area contributed by atoms with Gasteiger partial charge in [-0.25, -0.2) is 0 Å². The number of carbonyl (C=O) groups is 1. The Kier molecular flexibility index (Phi) is 8.41. The summed E-state index contributed by atoms with van der Waals surface area (Å²) in [5, 5.41) is 6.03. The van der Waals surface area contributed by atoms with Gasteiger partial charge in [-0.3, -0.25) is 4.79 Å². The number of nitrogens with one attached hydrogen (secondary N) is 2. The predicted octanol–water partition coefficient (Wildman–Crippen LogP) is 4.30. The van der Waals surface area contributed by atoms with Crippen molar-refractivity contribution >= 4 is 24.0 Å². The molecular formula is C18H20ClF3N2O2. The highest BCUT2D eigenvalue weighted by molar-refractivity contribution is 5.93. The van der Waals surface area contributed by atoms with E-state index in [1.54, 1.807) is 0 Å². The maximum absolute atomic E-state index is 12.2.